The number of ether oxygens (including phenoxy) is 2. The summed E-state index contributed by atoms with van der Waals surface area (Å²) in [4.78, 5) is 41.3. The van der Waals surface area contributed by atoms with Crippen LogP contribution in [-0.2, 0) is 14.4 Å². The summed E-state index contributed by atoms with van der Waals surface area (Å²) in [5, 5.41) is 9.80. The van der Waals surface area contributed by atoms with Gasteiger partial charge in [0.25, 0.3) is 0 Å². The summed E-state index contributed by atoms with van der Waals surface area (Å²) in [5.74, 6) is 1.48. The van der Waals surface area contributed by atoms with Gasteiger partial charge in [0.1, 0.15) is 6.61 Å². The van der Waals surface area contributed by atoms with Crippen LogP contribution in [-0.4, -0.2) is 47.3 Å². The van der Waals surface area contributed by atoms with Crippen molar-refractivity contribution in [3.05, 3.63) is 45.3 Å². The number of allylic oxidation sites excluding steroid dienone is 4. The number of nitrogens with zero attached hydrogens (tertiary/aromatic N) is 1. The van der Waals surface area contributed by atoms with Crippen LogP contribution in [0.15, 0.2) is 34.7 Å². The van der Waals surface area contributed by atoms with E-state index in [-0.39, 0.29) is 47.0 Å². The first kappa shape index (κ1) is 28.8. The first-order valence-corrected chi connectivity index (χ1v) is 13.7. The summed E-state index contributed by atoms with van der Waals surface area (Å²) in [6.45, 7) is 10.6. The fourth-order valence-corrected chi connectivity index (χ4v) is 6.40. The standard InChI is InChI=1S/C31H36ClNO6/c1-7-11-39-29-19(32)12-18(13-24(29)38-8-2)26-27-20(14-30(3,4)16-22(27)34)33(10-9-25(36)37)21-15-31(5,6)17-23(35)28(21)26/h1,12-13,26H,8-11,14-17H2,2-6H3,(H,36,37). The molecule has 8 heteroatoms. The second kappa shape index (κ2) is 10.7. The molecule has 4 rings (SSSR count). The van der Waals surface area contributed by atoms with Crippen molar-refractivity contribution < 1.29 is 29.0 Å². The van der Waals surface area contributed by atoms with Crippen LogP contribution in [0.5, 0.6) is 11.5 Å². The van der Waals surface area contributed by atoms with Gasteiger partial charge in [-0.25, -0.2) is 0 Å². The zero-order chi connectivity index (χ0) is 28.7. The molecule has 0 unspecified atom stereocenters. The van der Waals surface area contributed by atoms with Gasteiger partial charge in [-0.05, 0) is 48.3 Å². The van der Waals surface area contributed by atoms with Crippen LogP contribution in [0, 0.1) is 23.2 Å². The number of halogens is 1. The number of ketones is 2. The van der Waals surface area contributed by atoms with E-state index in [9.17, 15) is 19.5 Å². The molecule has 0 fully saturated rings. The molecule has 0 spiro atoms. The van der Waals surface area contributed by atoms with E-state index in [0.717, 1.165) is 11.4 Å². The molecular weight excluding hydrogens is 518 g/mol. The normalized spacial score (nSPS) is 20.4. The van der Waals surface area contributed by atoms with E-state index in [2.05, 4.69) is 5.92 Å². The number of hydrogen-bond acceptors (Lipinski definition) is 6. The second-order valence-corrected chi connectivity index (χ2v) is 12.5. The van der Waals surface area contributed by atoms with Crippen molar-refractivity contribution in [2.24, 2.45) is 10.8 Å². The monoisotopic (exact) mass is 553 g/mol. The van der Waals surface area contributed by atoms with Crippen molar-refractivity contribution in [2.75, 3.05) is 19.8 Å². The van der Waals surface area contributed by atoms with Gasteiger partial charge in [0, 0.05) is 47.8 Å². The molecule has 2 aliphatic carbocycles. The molecule has 7 nitrogen and oxygen atoms in total. The molecule has 0 saturated heterocycles. The topological polar surface area (TPSA) is 93.1 Å². The lowest BCUT2D eigenvalue weighted by Crippen LogP contribution is -2.45. The number of carbonyl (C=O) groups is 3. The van der Waals surface area contributed by atoms with Gasteiger partial charge in [-0.3, -0.25) is 14.4 Å². The average Bonchev–Trinajstić information content (AvgIpc) is 2.80. The molecule has 1 aliphatic heterocycles. The summed E-state index contributed by atoms with van der Waals surface area (Å²) < 4.78 is 11.5. The maximum atomic E-state index is 13.9. The van der Waals surface area contributed by atoms with Crippen molar-refractivity contribution in [1.82, 2.24) is 4.90 Å². The predicted molar refractivity (Wildman–Crippen MR) is 149 cm³/mol. The minimum Gasteiger partial charge on any atom is -0.490 e. The fraction of sp³-hybridized carbons (Fsp3) is 0.516. The van der Waals surface area contributed by atoms with Crippen LogP contribution >= 0.6 is 11.6 Å². The molecule has 208 valence electrons. The third-order valence-corrected chi connectivity index (χ3v) is 7.82. The zero-order valence-electron chi connectivity index (χ0n) is 23.3. The Hall–Kier alpha value is -3.24. The quantitative estimate of drug-likeness (QED) is 0.400. The molecule has 3 aliphatic rings. The van der Waals surface area contributed by atoms with Gasteiger partial charge < -0.3 is 19.5 Å². The van der Waals surface area contributed by atoms with Crippen molar-refractivity contribution >= 4 is 29.1 Å². The zero-order valence-corrected chi connectivity index (χ0v) is 24.0. The number of carboxylic acids is 1. The molecule has 1 aromatic rings. The van der Waals surface area contributed by atoms with Gasteiger partial charge in [-0.15, -0.1) is 6.42 Å². The Labute approximate surface area is 235 Å². The van der Waals surface area contributed by atoms with Crippen LogP contribution in [0.1, 0.15) is 78.2 Å². The van der Waals surface area contributed by atoms with Gasteiger partial charge in [-0.2, -0.15) is 0 Å². The highest BCUT2D eigenvalue weighted by molar-refractivity contribution is 6.32. The third-order valence-electron chi connectivity index (χ3n) is 7.54. The number of benzene rings is 1. The third kappa shape index (κ3) is 5.72. The maximum Gasteiger partial charge on any atom is 0.305 e. The predicted octanol–water partition coefficient (Wildman–Crippen LogP) is 5.91. The largest absolute Gasteiger partial charge is 0.490 e. The molecule has 0 aromatic heterocycles. The van der Waals surface area contributed by atoms with Crippen molar-refractivity contribution in [3.8, 4) is 23.8 Å². The van der Waals surface area contributed by atoms with E-state index in [1.54, 1.807) is 12.1 Å². The Morgan fingerprint density at radius 1 is 1.05 bits per heavy atom. The van der Waals surface area contributed by atoms with Crippen molar-refractivity contribution in [2.45, 2.75) is 72.6 Å². The number of hydrogen-bond donors (Lipinski definition) is 1. The lowest BCUT2D eigenvalue weighted by Gasteiger charge is -2.49. The SMILES string of the molecule is C#CCOc1c(Cl)cc(C2C3=C(CC(C)(C)CC3=O)N(CCC(=O)O)C3=C2C(=O)CC(C)(C)C3)cc1OCC. The van der Waals surface area contributed by atoms with E-state index >= 15 is 0 Å². The summed E-state index contributed by atoms with van der Waals surface area (Å²) in [7, 11) is 0. The van der Waals surface area contributed by atoms with E-state index in [0.29, 0.717) is 60.5 Å². The number of terminal acetylenes is 1. The van der Waals surface area contributed by atoms with Crippen LogP contribution in [0.25, 0.3) is 0 Å². The van der Waals surface area contributed by atoms with Crippen LogP contribution in [0.2, 0.25) is 5.02 Å². The minimum absolute atomic E-state index is 0.00679. The van der Waals surface area contributed by atoms with E-state index in [1.807, 2.05) is 39.5 Å². The highest BCUT2D eigenvalue weighted by Gasteiger charge is 2.49. The van der Waals surface area contributed by atoms with E-state index in [1.165, 1.54) is 0 Å². The molecular formula is C31H36ClNO6. The Balaban J connectivity index is 1.99. The van der Waals surface area contributed by atoms with Crippen LogP contribution in [0.3, 0.4) is 0 Å². The number of carbonyl (C=O) groups excluding carboxylic acids is 2. The Morgan fingerprint density at radius 2 is 1.62 bits per heavy atom. The molecule has 0 radical (unpaired) electrons. The average molecular weight is 554 g/mol. The summed E-state index contributed by atoms with van der Waals surface area (Å²) in [6, 6.07) is 3.51. The van der Waals surface area contributed by atoms with Crippen molar-refractivity contribution in [3.63, 3.8) is 0 Å². The van der Waals surface area contributed by atoms with Gasteiger partial charge in [-0.1, -0.05) is 45.2 Å². The Bertz CT molecular complexity index is 1280. The van der Waals surface area contributed by atoms with Gasteiger partial charge in [0.15, 0.2) is 23.1 Å². The molecule has 1 aromatic carbocycles. The number of carboxylic acid groups (broad SMARTS) is 1. The lowest BCUT2D eigenvalue weighted by atomic mass is 9.63. The number of aliphatic carboxylic acids is 1. The Morgan fingerprint density at radius 3 is 2.10 bits per heavy atom. The first-order chi connectivity index (χ1) is 18.3. The number of Topliss-reactive ketones (excluding diaryl/α,β-unsaturated/α-hetero) is 2. The minimum atomic E-state index is -0.931. The second-order valence-electron chi connectivity index (χ2n) is 12.1. The molecule has 1 heterocycles. The molecule has 0 saturated carbocycles. The molecule has 0 atom stereocenters. The summed E-state index contributed by atoms with van der Waals surface area (Å²) in [5.41, 5.74) is 2.73. The molecule has 1 N–H and O–H groups in total. The van der Waals surface area contributed by atoms with Gasteiger partial charge in [0.05, 0.1) is 18.1 Å². The highest BCUT2D eigenvalue weighted by atomic mass is 35.5. The van der Waals surface area contributed by atoms with Crippen LogP contribution in [0.4, 0.5) is 0 Å². The summed E-state index contributed by atoms with van der Waals surface area (Å²) in [6.07, 6.45) is 7.11. The summed E-state index contributed by atoms with van der Waals surface area (Å²) >= 11 is 6.70. The van der Waals surface area contributed by atoms with Crippen LogP contribution < -0.4 is 9.47 Å². The molecule has 0 amide bonds. The maximum absolute atomic E-state index is 13.9. The van der Waals surface area contributed by atoms with Gasteiger partial charge >= 0.3 is 5.97 Å². The van der Waals surface area contributed by atoms with Crippen molar-refractivity contribution in [1.29, 1.82) is 0 Å². The Kier molecular flexibility index (Phi) is 7.91. The number of rotatable bonds is 8. The fourth-order valence-electron chi connectivity index (χ4n) is 6.13. The van der Waals surface area contributed by atoms with Gasteiger partial charge in [0.2, 0.25) is 0 Å². The lowest BCUT2D eigenvalue weighted by molar-refractivity contribution is -0.137. The van der Waals surface area contributed by atoms with E-state index < -0.39 is 11.9 Å². The molecule has 0 bridgehead atoms. The highest BCUT2D eigenvalue weighted by Crippen LogP contribution is 2.55. The molecule has 39 heavy (non-hydrogen) atoms. The first-order valence-electron chi connectivity index (χ1n) is 13.3. The smallest absolute Gasteiger partial charge is 0.305 e. The van der Waals surface area contributed by atoms with E-state index in [4.69, 9.17) is 27.5 Å².